The minimum absolute atomic E-state index is 0.0122. The van der Waals surface area contributed by atoms with E-state index in [1.807, 2.05) is 0 Å². The first kappa shape index (κ1) is 23.5. The normalized spacial score (nSPS) is 11.3. The Balaban J connectivity index is 1.70. The highest BCUT2D eigenvalue weighted by Crippen LogP contribution is 2.36. The van der Waals surface area contributed by atoms with Gasteiger partial charge in [-0.05, 0) is 53.9 Å². The highest BCUT2D eigenvalue weighted by atomic mass is 35.5. The van der Waals surface area contributed by atoms with Crippen molar-refractivity contribution in [3.63, 3.8) is 0 Å². The number of ether oxygens (including phenoxy) is 2. The molecule has 1 amide bonds. The summed E-state index contributed by atoms with van der Waals surface area (Å²) in [5.74, 6) is -1.73. The fourth-order valence-corrected chi connectivity index (χ4v) is 3.37. The van der Waals surface area contributed by atoms with E-state index in [4.69, 9.17) is 27.9 Å². The van der Waals surface area contributed by atoms with Crippen LogP contribution in [0.1, 0.15) is 10.4 Å². The summed E-state index contributed by atoms with van der Waals surface area (Å²) < 4.78 is 46.7. The van der Waals surface area contributed by atoms with Crippen LogP contribution in [0.4, 0.5) is 18.9 Å². The Morgan fingerprint density at radius 3 is 2.31 bits per heavy atom. The molecule has 3 aromatic rings. The summed E-state index contributed by atoms with van der Waals surface area (Å²) >= 11 is 12.2. The quantitative estimate of drug-likeness (QED) is 0.439. The molecule has 0 bridgehead atoms. The number of hydrogen-bond acceptors (Lipinski definition) is 4. The van der Waals surface area contributed by atoms with E-state index in [1.54, 1.807) is 0 Å². The second-order valence-corrected chi connectivity index (χ2v) is 7.37. The average molecular weight is 488 g/mol. The van der Waals surface area contributed by atoms with Gasteiger partial charge in [-0.25, -0.2) is 4.79 Å². The molecule has 0 saturated heterocycles. The van der Waals surface area contributed by atoms with Gasteiger partial charge < -0.3 is 19.9 Å². The molecule has 3 aromatic carbocycles. The van der Waals surface area contributed by atoms with Gasteiger partial charge in [0.25, 0.3) is 5.91 Å². The summed E-state index contributed by atoms with van der Waals surface area (Å²) in [4.78, 5) is 23.6. The largest absolute Gasteiger partial charge is 0.484 e. The van der Waals surface area contributed by atoms with E-state index in [-0.39, 0.29) is 22.1 Å². The first-order valence-electron chi connectivity index (χ1n) is 8.90. The predicted octanol–water partition coefficient (Wildman–Crippen LogP) is 5.80. The van der Waals surface area contributed by atoms with E-state index in [1.165, 1.54) is 48.5 Å². The lowest BCUT2D eigenvalue weighted by Gasteiger charge is -2.13. The molecule has 0 fully saturated rings. The van der Waals surface area contributed by atoms with Gasteiger partial charge in [0.2, 0.25) is 0 Å². The van der Waals surface area contributed by atoms with Gasteiger partial charge in [0.15, 0.2) is 13.2 Å². The molecule has 168 valence electrons. The molecule has 0 aliphatic rings. The molecule has 3 rings (SSSR count). The molecule has 0 aliphatic heterocycles. The summed E-state index contributed by atoms with van der Waals surface area (Å²) in [6.45, 7) is -1.91. The molecule has 32 heavy (non-hydrogen) atoms. The SMILES string of the molecule is O=C(COc1cc(C(=O)O)cc2cc(Cl)cc(Cl)c12)Nc1ccc(OCC(F)(F)F)cc1. The minimum atomic E-state index is -4.46. The van der Waals surface area contributed by atoms with Crippen molar-refractivity contribution in [2.75, 3.05) is 18.5 Å². The van der Waals surface area contributed by atoms with Crippen molar-refractivity contribution in [3.8, 4) is 11.5 Å². The molecular weight excluding hydrogens is 474 g/mol. The zero-order chi connectivity index (χ0) is 23.5. The van der Waals surface area contributed by atoms with Gasteiger partial charge in [0.1, 0.15) is 11.5 Å². The number of carboxylic acids is 1. The summed E-state index contributed by atoms with van der Waals surface area (Å²) in [5, 5.41) is 13.2. The highest BCUT2D eigenvalue weighted by molar-refractivity contribution is 6.39. The van der Waals surface area contributed by atoms with E-state index < -0.39 is 31.3 Å². The highest BCUT2D eigenvalue weighted by Gasteiger charge is 2.28. The van der Waals surface area contributed by atoms with Gasteiger partial charge in [0, 0.05) is 16.1 Å². The smallest absolute Gasteiger partial charge is 0.422 e. The van der Waals surface area contributed by atoms with Crippen molar-refractivity contribution in [1.82, 2.24) is 0 Å². The van der Waals surface area contributed by atoms with Gasteiger partial charge in [-0.1, -0.05) is 23.2 Å². The Labute approximate surface area is 189 Å². The fraction of sp³-hybridized carbons (Fsp3) is 0.143. The molecule has 0 spiro atoms. The Morgan fingerprint density at radius 1 is 1.00 bits per heavy atom. The van der Waals surface area contributed by atoms with Gasteiger partial charge in [0.05, 0.1) is 10.6 Å². The van der Waals surface area contributed by atoms with E-state index in [2.05, 4.69) is 10.1 Å². The minimum Gasteiger partial charge on any atom is -0.484 e. The number of anilines is 1. The number of carboxylic acid groups (broad SMARTS) is 1. The summed E-state index contributed by atoms with van der Waals surface area (Å²) in [6.07, 6.45) is -4.46. The van der Waals surface area contributed by atoms with Crippen molar-refractivity contribution in [3.05, 3.63) is 64.1 Å². The maximum atomic E-state index is 12.2. The third kappa shape index (κ3) is 6.18. The van der Waals surface area contributed by atoms with E-state index in [0.717, 1.165) is 0 Å². The summed E-state index contributed by atoms with van der Waals surface area (Å²) in [5.41, 5.74) is 0.215. The van der Waals surface area contributed by atoms with Crippen molar-refractivity contribution in [2.45, 2.75) is 6.18 Å². The third-order valence-electron chi connectivity index (χ3n) is 4.08. The fourth-order valence-electron chi connectivity index (χ4n) is 2.77. The number of carbonyl (C=O) groups is 2. The number of hydrogen-bond donors (Lipinski definition) is 2. The van der Waals surface area contributed by atoms with Crippen LogP contribution in [0.5, 0.6) is 11.5 Å². The number of carbonyl (C=O) groups excluding carboxylic acids is 1. The van der Waals surface area contributed by atoms with Crippen molar-refractivity contribution in [1.29, 1.82) is 0 Å². The standard InChI is InChI=1S/C21H14Cl2F3NO5/c22-13-6-11-5-12(20(29)30)7-17(19(11)16(23)8-13)31-9-18(28)27-14-1-3-15(4-2-14)32-10-21(24,25)26/h1-8H,9-10H2,(H,27,28)(H,29,30). The number of aromatic carboxylic acids is 1. The molecule has 11 heteroatoms. The topological polar surface area (TPSA) is 84.9 Å². The van der Waals surface area contributed by atoms with Crippen LogP contribution in [-0.4, -0.2) is 36.4 Å². The van der Waals surface area contributed by atoms with Crippen LogP contribution in [-0.2, 0) is 4.79 Å². The lowest BCUT2D eigenvalue weighted by atomic mass is 10.1. The van der Waals surface area contributed by atoms with Crippen molar-refractivity contribution < 1.29 is 37.3 Å². The average Bonchev–Trinajstić information content (AvgIpc) is 2.70. The Bertz CT molecular complexity index is 1170. The van der Waals surface area contributed by atoms with Crippen LogP contribution in [0.2, 0.25) is 10.0 Å². The Morgan fingerprint density at radius 2 is 1.69 bits per heavy atom. The van der Waals surface area contributed by atoms with Crippen molar-refractivity contribution >= 4 is 51.5 Å². The van der Waals surface area contributed by atoms with Gasteiger partial charge in [-0.2, -0.15) is 13.2 Å². The lowest BCUT2D eigenvalue weighted by Crippen LogP contribution is -2.20. The molecule has 0 aliphatic carbocycles. The first-order valence-corrected chi connectivity index (χ1v) is 9.66. The molecule has 6 nitrogen and oxygen atoms in total. The van der Waals surface area contributed by atoms with Crippen molar-refractivity contribution in [2.24, 2.45) is 0 Å². The van der Waals surface area contributed by atoms with Crippen LogP contribution >= 0.6 is 23.2 Å². The molecule has 0 saturated carbocycles. The monoisotopic (exact) mass is 487 g/mol. The first-order chi connectivity index (χ1) is 15.0. The van der Waals surface area contributed by atoms with Crippen LogP contribution < -0.4 is 14.8 Å². The van der Waals surface area contributed by atoms with E-state index >= 15 is 0 Å². The Hall–Kier alpha value is -3.17. The lowest BCUT2D eigenvalue weighted by molar-refractivity contribution is -0.153. The van der Waals surface area contributed by atoms with Gasteiger partial charge in [-0.15, -0.1) is 0 Å². The molecule has 2 N–H and O–H groups in total. The number of rotatable bonds is 7. The predicted molar refractivity (Wildman–Crippen MR) is 113 cm³/mol. The van der Waals surface area contributed by atoms with Crippen LogP contribution in [0.15, 0.2) is 48.5 Å². The molecule has 0 unspecified atom stereocenters. The number of fused-ring (bicyclic) bond motifs is 1. The van der Waals surface area contributed by atoms with Crippen LogP contribution in [0, 0.1) is 0 Å². The molecule has 0 radical (unpaired) electrons. The maximum Gasteiger partial charge on any atom is 0.422 e. The molecule has 0 aromatic heterocycles. The third-order valence-corrected chi connectivity index (χ3v) is 4.59. The van der Waals surface area contributed by atoms with E-state index in [0.29, 0.717) is 21.5 Å². The molecular formula is C21H14Cl2F3NO5. The maximum absolute atomic E-state index is 12.2. The number of benzene rings is 3. The molecule has 0 atom stereocenters. The van der Waals surface area contributed by atoms with Gasteiger partial charge in [-0.3, -0.25) is 4.79 Å². The molecule has 0 heterocycles. The van der Waals surface area contributed by atoms with E-state index in [9.17, 15) is 27.9 Å². The number of nitrogens with one attached hydrogen (secondary N) is 1. The van der Waals surface area contributed by atoms with Gasteiger partial charge >= 0.3 is 12.1 Å². The Kier molecular flexibility index (Phi) is 7.00. The number of halogens is 5. The number of alkyl halides is 3. The zero-order valence-electron chi connectivity index (χ0n) is 16.0. The van der Waals surface area contributed by atoms with Crippen LogP contribution in [0.25, 0.3) is 10.8 Å². The second-order valence-electron chi connectivity index (χ2n) is 6.53. The number of amides is 1. The summed E-state index contributed by atoms with van der Waals surface area (Å²) in [6, 6.07) is 10.9. The van der Waals surface area contributed by atoms with Crippen LogP contribution in [0.3, 0.4) is 0 Å². The summed E-state index contributed by atoms with van der Waals surface area (Å²) in [7, 11) is 0. The zero-order valence-corrected chi connectivity index (χ0v) is 17.5. The second kappa shape index (κ2) is 9.54.